The van der Waals surface area contributed by atoms with E-state index in [9.17, 15) is 18.0 Å². The number of methoxy groups -OCH3 is 2. The molecular weight excluding hydrogens is 463 g/mol. The van der Waals surface area contributed by atoms with Crippen molar-refractivity contribution in [3.63, 3.8) is 0 Å². The van der Waals surface area contributed by atoms with Gasteiger partial charge in [0, 0.05) is 0 Å². The summed E-state index contributed by atoms with van der Waals surface area (Å²) in [6.07, 6.45) is 4.76. The Hall–Kier alpha value is -2.28. The van der Waals surface area contributed by atoms with Crippen LogP contribution in [0, 0.1) is 0 Å². The second-order valence-corrected chi connectivity index (χ2v) is 13.4. The SMILES string of the molecule is CCCC[PH](CCCC)(OS(=O)(=O)c1cc(C(=O)OC)cc(C(=O)OC)c1)c1ccccc1. The second-order valence-electron chi connectivity index (χ2n) is 7.83. The molecule has 33 heavy (non-hydrogen) atoms. The predicted octanol–water partition coefficient (Wildman–Crippen LogP) is 4.56. The average Bonchev–Trinajstić information content (AvgIpc) is 2.84. The first-order valence-corrected chi connectivity index (χ1v) is 14.8. The van der Waals surface area contributed by atoms with Crippen LogP contribution in [0.2, 0.25) is 0 Å². The summed E-state index contributed by atoms with van der Waals surface area (Å²) in [6, 6.07) is 13.1. The molecule has 0 heterocycles. The zero-order valence-electron chi connectivity index (χ0n) is 19.6. The van der Waals surface area contributed by atoms with Crippen LogP contribution in [-0.4, -0.2) is 46.9 Å². The van der Waals surface area contributed by atoms with E-state index in [0.717, 1.165) is 31.0 Å². The van der Waals surface area contributed by atoms with Crippen LogP contribution >= 0.6 is 7.49 Å². The number of hydrogen-bond acceptors (Lipinski definition) is 7. The zero-order chi connectivity index (χ0) is 24.5. The Kier molecular flexibility index (Phi) is 10.0. The fourth-order valence-corrected chi connectivity index (χ4v) is 10.8. The molecule has 0 radical (unpaired) electrons. The third-order valence-corrected chi connectivity index (χ3v) is 12.1. The Bertz CT molecular complexity index is 1010. The molecule has 182 valence electrons. The molecule has 0 bridgehead atoms. The molecule has 0 N–H and O–H groups in total. The number of carbonyl (C=O) groups excluding carboxylic acids is 2. The van der Waals surface area contributed by atoms with Crippen LogP contribution in [0.3, 0.4) is 0 Å². The minimum atomic E-state index is -4.31. The van der Waals surface area contributed by atoms with Gasteiger partial charge in [-0.25, -0.2) is 0 Å². The summed E-state index contributed by atoms with van der Waals surface area (Å²) in [6.45, 7) is 4.11. The molecule has 0 saturated carbocycles. The molecular formula is C24H33O7PS. The number of rotatable bonds is 12. The molecule has 2 aromatic carbocycles. The number of hydrogen-bond donors (Lipinski definition) is 0. The Balaban J connectivity index is 2.63. The summed E-state index contributed by atoms with van der Waals surface area (Å²) in [5.41, 5.74) is -0.145. The maximum absolute atomic E-state index is 13.6. The molecule has 2 aromatic rings. The van der Waals surface area contributed by atoms with Crippen molar-refractivity contribution < 1.29 is 31.5 Å². The zero-order valence-corrected chi connectivity index (χ0v) is 21.4. The van der Waals surface area contributed by atoms with Crippen molar-refractivity contribution in [2.24, 2.45) is 0 Å². The number of ether oxygens (including phenoxy) is 2. The van der Waals surface area contributed by atoms with Crippen molar-refractivity contribution in [3.05, 3.63) is 59.7 Å². The van der Waals surface area contributed by atoms with Gasteiger partial charge in [0.1, 0.15) is 0 Å². The van der Waals surface area contributed by atoms with Gasteiger partial charge in [-0.2, -0.15) is 0 Å². The molecule has 0 unspecified atom stereocenters. The van der Waals surface area contributed by atoms with E-state index in [1.807, 2.05) is 30.3 Å². The fourth-order valence-electron chi connectivity index (χ4n) is 3.68. The molecule has 0 fully saturated rings. The molecule has 2 rings (SSSR count). The van der Waals surface area contributed by atoms with Crippen LogP contribution in [-0.2, 0) is 23.6 Å². The molecule has 7 nitrogen and oxygen atoms in total. The minimum absolute atomic E-state index is 0.0725. The first kappa shape index (κ1) is 27.0. The van der Waals surface area contributed by atoms with E-state index in [4.69, 9.17) is 13.4 Å². The fraction of sp³-hybridized carbons (Fsp3) is 0.417. The normalized spacial score (nSPS) is 12.2. The van der Waals surface area contributed by atoms with E-state index in [-0.39, 0.29) is 16.0 Å². The van der Waals surface area contributed by atoms with Gasteiger partial charge in [-0.05, 0) is 0 Å². The van der Waals surface area contributed by atoms with Crippen LogP contribution in [0.15, 0.2) is 53.4 Å². The van der Waals surface area contributed by atoms with Crippen molar-refractivity contribution in [1.82, 2.24) is 0 Å². The maximum atomic E-state index is 13.6. The summed E-state index contributed by atoms with van der Waals surface area (Å²) in [5.74, 6) is -1.53. The van der Waals surface area contributed by atoms with Crippen molar-refractivity contribution in [2.45, 2.75) is 44.4 Å². The topological polar surface area (TPSA) is 96.0 Å². The van der Waals surface area contributed by atoms with E-state index in [2.05, 4.69) is 13.8 Å². The summed E-state index contributed by atoms with van der Waals surface area (Å²) in [5, 5.41) is 0.910. The number of carbonyl (C=O) groups is 2. The van der Waals surface area contributed by atoms with Gasteiger partial charge in [0.15, 0.2) is 0 Å². The third kappa shape index (κ3) is 6.85. The Morgan fingerprint density at radius 3 is 1.73 bits per heavy atom. The molecule has 0 aliphatic heterocycles. The standard InChI is InChI=1S/C24H33O7PS/c1-5-7-14-32(15-8-6-2,21-12-10-9-11-13-21)31-33(27,28)22-17-19(23(25)29-3)16-20(18-22)24(26)30-4/h9-13,16-18,32H,5-8,14-15H2,1-4H3. The second kappa shape index (κ2) is 12.3. The van der Waals surface area contributed by atoms with Crippen LogP contribution in [0.25, 0.3) is 0 Å². The summed E-state index contributed by atoms with van der Waals surface area (Å²) in [4.78, 5) is 24.0. The summed E-state index contributed by atoms with van der Waals surface area (Å²) in [7, 11) is -4.90. The Labute approximate surface area is 197 Å². The van der Waals surface area contributed by atoms with Gasteiger partial charge < -0.3 is 0 Å². The monoisotopic (exact) mass is 496 g/mol. The molecule has 0 saturated heterocycles. The van der Waals surface area contributed by atoms with Crippen molar-refractivity contribution >= 4 is 34.9 Å². The van der Waals surface area contributed by atoms with Gasteiger partial charge in [0.05, 0.1) is 0 Å². The molecule has 0 spiro atoms. The summed E-state index contributed by atoms with van der Waals surface area (Å²) < 4.78 is 42.8. The molecule has 9 heteroatoms. The van der Waals surface area contributed by atoms with Gasteiger partial charge in [0.25, 0.3) is 0 Å². The van der Waals surface area contributed by atoms with Crippen LogP contribution in [0.4, 0.5) is 0 Å². The van der Waals surface area contributed by atoms with Crippen LogP contribution in [0.1, 0.15) is 60.2 Å². The van der Waals surface area contributed by atoms with Gasteiger partial charge >= 0.3 is 197 Å². The van der Waals surface area contributed by atoms with Crippen LogP contribution < -0.4 is 5.30 Å². The van der Waals surface area contributed by atoms with Gasteiger partial charge in [-0.15, -0.1) is 0 Å². The Morgan fingerprint density at radius 2 is 1.30 bits per heavy atom. The van der Waals surface area contributed by atoms with E-state index >= 15 is 0 Å². The Morgan fingerprint density at radius 1 is 0.818 bits per heavy atom. The van der Waals surface area contributed by atoms with Crippen LogP contribution in [0.5, 0.6) is 0 Å². The van der Waals surface area contributed by atoms with Crippen molar-refractivity contribution in [1.29, 1.82) is 0 Å². The average molecular weight is 497 g/mol. The first-order chi connectivity index (χ1) is 15.7. The van der Waals surface area contributed by atoms with E-state index in [0.29, 0.717) is 12.3 Å². The molecule has 0 amide bonds. The predicted molar refractivity (Wildman–Crippen MR) is 131 cm³/mol. The first-order valence-electron chi connectivity index (χ1n) is 11.1. The van der Waals surface area contributed by atoms with Gasteiger partial charge in [-0.3, -0.25) is 0 Å². The molecule has 0 atom stereocenters. The van der Waals surface area contributed by atoms with E-state index in [1.54, 1.807) is 0 Å². The van der Waals surface area contributed by atoms with E-state index < -0.39 is 29.5 Å². The molecule has 0 aliphatic carbocycles. The molecule has 0 aromatic heterocycles. The third-order valence-electron chi connectivity index (χ3n) is 5.47. The van der Waals surface area contributed by atoms with Gasteiger partial charge in [0.2, 0.25) is 0 Å². The van der Waals surface area contributed by atoms with E-state index in [1.165, 1.54) is 32.4 Å². The number of unbranched alkanes of at least 4 members (excludes halogenated alkanes) is 2. The van der Waals surface area contributed by atoms with Gasteiger partial charge in [-0.1, -0.05) is 0 Å². The number of benzene rings is 2. The quantitative estimate of drug-likeness (QED) is 0.314. The van der Waals surface area contributed by atoms with Crippen molar-refractivity contribution in [3.8, 4) is 0 Å². The van der Waals surface area contributed by atoms with Crippen molar-refractivity contribution in [2.75, 3.05) is 26.5 Å². The number of esters is 2. The summed E-state index contributed by atoms with van der Waals surface area (Å²) >= 11 is 0. The molecule has 0 aliphatic rings.